The first kappa shape index (κ1) is 16.3. The number of ether oxygens (including phenoxy) is 1. The molecule has 1 aromatic heterocycles. The highest BCUT2D eigenvalue weighted by atomic mass is 35.5. The highest BCUT2D eigenvalue weighted by molar-refractivity contribution is 6.30. The van der Waals surface area contributed by atoms with Gasteiger partial charge in [-0.05, 0) is 19.8 Å². The molecule has 0 radical (unpaired) electrons. The SMILES string of the molecule is Cc1nn(C)c(Cl)c1CC(CCOCC(F)F)NN. The quantitative estimate of drug-likeness (QED) is 0.433. The number of nitrogens with zero attached hydrogens (tertiary/aromatic N) is 2. The molecule has 0 amide bonds. The summed E-state index contributed by atoms with van der Waals surface area (Å²) in [5.41, 5.74) is 4.38. The summed E-state index contributed by atoms with van der Waals surface area (Å²) in [4.78, 5) is 0. The van der Waals surface area contributed by atoms with Crippen LogP contribution in [0.25, 0.3) is 0 Å². The van der Waals surface area contributed by atoms with Gasteiger partial charge in [-0.1, -0.05) is 11.6 Å². The number of rotatable bonds is 8. The molecule has 1 aromatic rings. The first-order valence-electron chi connectivity index (χ1n) is 5.95. The number of halogens is 3. The van der Waals surface area contributed by atoms with E-state index in [0.717, 1.165) is 11.3 Å². The van der Waals surface area contributed by atoms with E-state index < -0.39 is 13.0 Å². The van der Waals surface area contributed by atoms with E-state index in [4.69, 9.17) is 22.2 Å². The lowest BCUT2D eigenvalue weighted by Gasteiger charge is -2.15. The molecule has 0 aliphatic rings. The highest BCUT2D eigenvalue weighted by Crippen LogP contribution is 2.20. The van der Waals surface area contributed by atoms with Gasteiger partial charge < -0.3 is 4.74 Å². The van der Waals surface area contributed by atoms with Crippen molar-refractivity contribution in [2.45, 2.75) is 32.2 Å². The zero-order valence-corrected chi connectivity index (χ0v) is 11.8. The summed E-state index contributed by atoms with van der Waals surface area (Å²) in [7, 11) is 1.76. The molecule has 0 saturated heterocycles. The van der Waals surface area contributed by atoms with E-state index in [0.29, 0.717) is 18.0 Å². The van der Waals surface area contributed by atoms with E-state index in [2.05, 4.69) is 10.5 Å². The molecule has 110 valence electrons. The first-order valence-corrected chi connectivity index (χ1v) is 6.33. The van der Waals surface area contributed by atoms with E-state index in [1.807, 2.05) is 6.92 Å². The van der Waals surface area contributed by atoms with Gasteiger partial charge in [-0.25, -0.2) is 8.78 Å². The highest BCUT2D eigenvalue weighted by Gasteiger charge is 2.16. The summed E-state index contributed by atoms with van der Waals surface area (Å²) in [5, 5.41) is 4.76. The average molecular weight is 297 g/mol. The Balaban J connectivity index is 2.48. The smallest absolute Gasteiger partial charge is 0.261 e. The maximum absolute atomic E-state index is 11.9. The van der Waals surface area contributed by atoms with Gasteiger partial charge in [0.15, 0.2) is 0 Å². The molecular formula is C11H19ClF2N4O. The van der Waals surface area contributed by atoms with Crippen molar-refractivity contribution in [1.29, 1.82) is 0 Å². The summed E-state index contributed by atoms with van der Waals surface area (Å²) < 4.78 is 30.2. The van der Waals surface area contributed by atoms with Crippen LogP contribution in [0.15, 0.2) is 0 Å². The Morgan fingerprint density at radius 2 is 2.21 bits per heavy atom. The predicted molar refractivity (Wildman–Crippen MR) is 69.2 cm³/mol. The maximum atomic E-state index is 11.9. The molecular weight excluding hydrogens is 278 g/mol. The minimum atomic E-state index is -2.45. The summed E-state index contributed by atoms with van der Waals surface area (Å²) in [5.74, 6) is 5.45. The average Bonchev–Trinajstić information content (AvgIpc) is 2.58. The molecule has 19 heavy (non-hydrogen) atoms. The van der Waals surface area contributed by atoms with Gasteiger partial charge in [-0.3, -0.25) is 16.0 Å². The Hall–Kier alpha value is -0.760. The van der Waals surface area contributed by atoms with E-state index in [-0.39, 0.29) is 12.6 Å². The third kappa shape index (κ3) is 5.02. The van der Waals surface area contributed by atoms with Crippen LogP contribution in [0, 0.1) is 6.92 Å². The van der Waals surface area contributed by atoms with Gasteiger partial charge in [-0.2, -0.15) is 5.10 Å². The maximum Gasteiger partial charge on any atom is 0.261 e. The number of alkyl halides is 2. The number of aryl methyl sites for hydroxylation is 2. The van der Waals surface area contributed by atoms with Gasteiger partial charge in [0, 0.05) is 25.3 Å². The number of hydrogen-bond acceptors (Lipinski definition) is 4. The lowest BCUT2D eigenvalue weighted by molar-refractivity contribution is 0.0144. The molecule has 5 nitrogen and oxygen atoms in total. The van der Waals surface area contributed by atoms with Crippen LogP contribution >= 0.6 is 11.6 Å². The lowest BCUT2D eigenvalue weighted by Crippen LogP contribution is -2.38. The van der Waals surface area contributed by atoms with Gasteiger partial charge in [-0.15, -0.1) is 0 Å². The Morgan fingerprint density at radius 3 is 2.68 bits per heavy atom. The van der Waals surface area contributed by atoms with Crippen molar-refractivity contribution in [2.75, 3.05) is 13.2 Å². The van der Waals surface area contributed by atoms with Crippen LogP contribution in [0.2, 0.25) is 5.15 Å². The van der Waals surface area contributed by atoms with Crippen LogP contribution in [0.5, 0.6) is 0 Å². The molecule has 1 atom stereocenters. The minimum Gasteiger partial charge on any atom is -0.375 e. The second-order valence-corrected chi connectivity index (χ2v) is 4.66. The molecule has 0 aliphatic heterocycles. The van der Waals surface area contributed by atoms with E-state index >= 15 is 0 Å². The fraction of sp³-hybridized carbons (Fsp3) is 0.727. The van der Waals surface area contributed by atoms with E-state index in [9.17, 15) is 8.78 Å². The van der Waals surface area contributed by atoms with E-state index in [1.54, 1.807) is 11.7 Å². The van der Waals surface area contributed by atoms with Gasteiger partial charge in [0.05, 0.1) is 5.69 Å². The fourth-order valence-corrected chi connectivity index (χ4v) is 2.05. The third-order valence-corrected chi connectivity index (χ3v) is 3.28. The van der Waals surface area contributed by atoms with E-state index in [1.165, 1.54) is 0 Å². The van der Waals surface area contributed by atoms with Gasteiger partial charge >= 0.3 is 0 Å². The first-order chi connectivity index (χ1) is 8.95. The van der Waals surface area contributed by atoms with Crippen molar-refractivity contribution in [3.8, 4) is 0 Å². The number of hydrazine groups is 1. The standard InChI is InChI=1S/C11H19ClF2N4O/c1-7-9(11(12)18(2)17-7)5-8(16-15)3-4-19-6-10(13)14/h8,10,16H,3-6,15H2,1-2H3. The number of nitrogens with one attached hydrogen (secondary N) is 1. The zero-order valence-electron chi connectivity index (χ0n) is 11.0. The monoisotopic (exact) mass is 296 g/mol. The second kappa shape index (κ2) is 7.74. The van der Waals surface area contributed by atoms with Crippen LogP contribution in [-0.2, 0) is 18.2 Å². The van der Waals surface area contributed by atoms with Crippen molar-refractivity contribution in [1.82, 2.24) is 15.2 Å². The summed E-state index contributed by atoms with van der Waals surface area (Å²) in [6.07, 6.45) is -1.35. The lowest BCUT2D eigenvalue weighted by atomic mass is 10.1. The van der Waals surface area contributed by atoms with Crippen LogP contribution in [0.4, 0.5) is 8.78 Å². The normalized spacial score (nSPS) is 13.2. The summed E-state index contributed by atoms with van der Waals surface area (Å²) in [6, 6.07) is -0.0990. The van der Waals surface area contributed by atoms with Gasteiger partial charge in [0.25, 0.3) is 6.43 Å². The van der Waals surface area contributed by atoms with Crippen LogP contribution < -0.4 is 11.3 Å². The molecule has 0 aromatic carbocycles. The van der Waals surface area contributed by atoms with Crippen molar-refractivity contribution >= 4 is 11.6 Å². The largest absolute Gasteiger partial charge is 0.375 e. The second-order valence-electron chi connectivity index (χ2n) is 4.30. The zero-order chi connectivity index (χ0) is 14.4. The molecule has 3 N–H and O–H groups in total. The van der Waals surface area contributed by atoms with Gasteiger partial charge in [0.2, 0.25) is 0 Å². The Kier molecular flexibility index (Phi) is 6.64. The van der Waals surface area contributed by atoms with Crippen molar-refractivity contribution in [3.05, 3.63) is 16.4 Å². The minimum absolute atomic E-state index is 0.0990. The molecule has 0 fully saturated rings. The molecule has 1 rings (SSSR count). The Bertz CT molecular complexity index is 400. The molecule has 1 heterocycles. The van der Waals surface area contributed by atoms with Crippen LogP contribution in [-0.4, -0.2) is 35.5 Å². The molecule has 1 unspecified atom stereocenters. The summed E-state index contributed by atoms with van der Waals surface area (Å²) >= 11 is 6.12. The predicted octanol–water partition coefficient (Wildman–Crippen LogP) is 1.43. The third-order valence-electron chi connectivity index (χ3n) is 2.81. The Morgan fingerprint density at radius 1 is 1.53 bits per heavy atom. The van der Waals surface area contributed by atoms with Crippen molar-refractivity contribution in [2.24, 2.45) is 12.9 Å². The van der Waals surface area contributed by atoms with Crippen molar-refractivity contribution in [3.63, 3.8) is 0 Å². The molecule has 0 bridgehead atoms. The molecule has 0 saturated carbocycles. The number of aromatic nitrogens is 2. The number of hydrogen-bond donors (Lipinski definition) is 2. The summed E-state index contributed by atoms with van der Waals surface area (Å²) in [6.45, 7) is 1.53. The van der Waals surface area contributed by atoms with Crippen LogP contribution in [0.1, 0.15) is 17.7 Å². The Labute approximate surface area is 116 Å². The topological polar surface area (TPSA) is 65.1 Å². The van der Waals surface area contributed by atoms with Crippen molar-refractivity contribution < 1.29 is 13.5 Å². The van der Waals surface area contributed by atoms with Crippen LogP contribution in [0.3, 0.4) is 0 Å². The number of nitrogens with two attached hydrogens (primary N) is 1. The molecule has 8 heteroatoms. The van der Waals surface area contributed by atoms with Gasteiger partial charge in [0.1, 0.15) is 11.8 Å². The molecule has 0 spiro atoms. The molecule has 0 aliphatic carbocycles. The fourth-order valence-electron chi connectivity index (χ4n) is 1.79.